The Morgan fingerprint density at radius 2 is 2.38 bits per heavy atom. The van der Waals surface area contributed by atoms with Crippen LogP contribution in [0.5, 0.6) is 0 Å². The number of hydrogen-bond donors (Lipinski definition) is 1. The zero-order valence-electron chi connectivity index (χ0n) is 7.40. The van der Waals surface area contributed by atoms with Crippen LogP contribution in [0.3, 0.4) is 0 Å². The van der Waals surface area contributed by atoms with E-state index in [1.165, 1.54) is 13.0 Å². The summed E-state index contributed by atoms with van der Waals surface area (Å²) in [6.07, 6.45) is 3.07. The molecule has 0 saturated carbocycles. The molecule has 13 heavy (non-hydrogen) atoms. The number of rotatable bonds is 3. The van der Waals surface area contributed by atoms with Gasteiger partial charge in [0, 0.05) is 0 Å². The van der Waals surface area contributed by atoms with Gasteiger partial charge in [-0.3, -0.25) is 9.78 Å². The van der Waals surface area contributed by atoms with Gasteiger partial charge in [-0.1, -0.05) is 6.07 Å². The molecule has 0 atom stereocenters. The van der Waals surface area contributed by atoms with Crippen molar-refractivity contribution in [3.63, 3.8) is 0 Å². The van der Waals surface area contributed by atoms with Crippen LogP contribution in [0.15, 0.2) is 24.3 Å². The SMILES string of the molecule is CC(=O)/C=C/c1cccc(CO)n1. The van der Waals surface area contributed by atoms with Crippen molar-refractivity contribution in [2.24, 2.45) is 0 Å². The van der Waals surface area contributed by atoms with Gasteiger partial charge in [-0.05, 0) is 31.2 Å². The third kappa shape index (κ3) is 3.17. The first-order valence-electron chi connectivity index (χ1n) is 3.98. The van der Waals surface area contributed by atoms with Crippen LogP contribution in [0.1, 0.15) is 18.3 Å². The minimum Gasteiger partial charge on any atom is -0.390 e. The smallest absolute Gasteiger partial charge is 0.152 e. The molecule has 0 saturated heterocycles. The number of hydrogen-bond acceptors (Lipinski definition) is 3. The van der Waals surface area contributed by atoms with Crippen LogP contribution >= 0.6 is 0 Å². The van der Waals surface area contributed by atoms with Crippen molar-refractivity contribution in [2.45, 2.75) is 13.5 Å². The molecule has 1 aromatic heterocycles. The molecule has 0 aliphatic heterocycles. The van der Waals surface area contributed by atoms with Crippen LogP contribution in [-0.4, -0.2) is 15.9 Å². The Labute approximate surface area is 76.7 Å². The minimum absolute atomic E-state index is 0.0174. The monoisotopic (exact) mass is 177 g/mol. The van der Waals surface area contributed by atoms with Gasteiger partial charge in [-0.2, -0.15) is 0 Å². The van der Waals surface area contributed by atoms with E-state index in [4.69, 9.17) is 5.11 Å². The molecular formula is C10H11NO2. The second-order valence-corrected chi connectivity index (χ2v) is 2.66. The summed E-state index contributed by atoms with van der Waals surface area (Å²) in [6.45, 7) is 1.40. The number of aliphatic hydroxyl groups is 1. The van der Waals surface area contributed by atoms with E-state index in [0.29, 0.717) is 11.4 Å². The number of allylic oxidation sites excluding steroid dienone is 1. The van der Waals surface area contributed by atoms with Crippen LogP contribution < -0.4 is 0 Å². The fraction of sp³-hybridized carbons (Fsp3) is 0.200. The van der Waals surface area contributed by atoms with Gasteiger partial charge in [0.2, 0.25) is 0 Å². The van der Waals surface area contributed by atoms with Gasteiger partial charge in [0.1, 0.15) is 0 Å². The summed E-state index contributed by atoms with van der Waals surface area (Å²) in [7, 11) is 0. The lowest BCUT2D eigenvalue weighted by Crippen LogP contribution is -1.90. The van der Waals surface area contributed by atoms with Gasteiger partial charge in [0.25, 0.3) is 0 Å². The van der Waals surface area contributed by atoms with E-state index in [1.807, 2.05) is 0 Å². The lowest BCUT2D eigenvalue weighted by Gasteiger charge is -1.95. The average Bonchev–Trinajstić information content (AvgIpc) is 2.15. The fourth-order valence-electron chi connectivity index (χ4n) is 0.882. The van der Waals surface area contributed by atoms with E-state index in [2.05, 4.69) is 4.98 Å². The molecule has 1 aromatic rings. The molecule has 1 rings (SSSR count). The standard InChI is InChI=1S/C10H11NO2/c1-8(13)5-6-9-3-2-4-10(7-12)11-9/h2-6,12H,7H2,1H3/b6-5+. The number of aromatic nitrogens is 1. The van der Waals surface area contributed by atoms with Gasteiger partial charge in [0.15, 0.2) is 5.78 Å². The Balaban J connectivity index is 2.83. The lowest BCUT2D eigenvalue weighted by atomic mass is 10.2. The second kappa shape index (κ2) is 4.52. The molecule has 0 aromatic carbocycles. The number of ketones is 1. The minimum atomic E-state index is -0.0816. The van der Waals surface area contributed by atoms with Crippen molar-refractivity contribution in [2.75, 3.05) is 0 Å². The maximum absolute atomic E-state index is 10.6. The van der Waals surface area contributed by atoms with E-state index in [1.54, 1.807) is 24.3 Å². The van der Waals surface area contributed by atoms with Crippen molar-refractivity contribution in [1.82, 2.24) is 4.98 Å². The summed E-state index contributed by atoms with van der Waals surface area (Å²) < 4.78 is 0. The highest BCUT2D eigenvalue weighted by molar-refractivity contribution is 5.91. The summed E-state index contributed by atoms with van der Waals surface area (Å²) in [4.78, 5) is 14.7. The molecule has 3 nitrogen and oxygen atoms in total. The van der Waals surface area contributed by atoms with E-state index in [9.17, 15) is 4.79 Å². The highest BCUT2D eigenvalue weighted by Gasteiger charge is 1.92. The Bertz CT molecular complexity index is 331. The first-order valence-corrected chi connectivity index (χ1v) is 3.98. The third-order valence-electron chi connectivity index (χ3n) is 1.48. The van der Waals surface area contributed by atoms with Crippen molar-refractivity contribution >= 4 is 11.9 Å². The molecule has 0 aliphatic carbocycles. The van der Waals surface area contributed by atoms with Crippen LogP contribution in [0.4, 0.5) is 0 Å². The summed E-state index contributed by atoms with van der Waals surface area (Å²) >= 11 is 0. The van der Waals surface area contributed by atoms with Crippen LogP contribution in [0.2, 0.25) is 0 Å². The molecule has 0 radical (unpaired) electrons. The zero-order valence-corrected chi connectivity index (χ0v) is 7.40. The van der Waals surface area contributed by atoms with Crippen molar-refractivity contribution in [1.29, 1.82) is 0 Å². The maximum atomic E-state index is 10.6. The van der Waals surface area contributed by atoms with Crippen LogP contribution in [0.25, 0.3) is 6.08 Å². The molecule has 0 unspecified atom stereocenters. The predicted molar refractivity (Wildman–Crippen MR) is 49.9 cm³/mol. The summed E-state index contributed by atoms with van der Waals surface area (Å²) in [6, 6.07) is 5.29. The molecule has 1 N–H and O–H groups in total. The van der Waals surface area contributed by atoms with E-state index < -0.39 is 0 Å². The molecule has 1 heterocycles. The lowest BCUT2D eigenvalue weighted by molar-refractivity contribution is -0.112. The van der Waals surface area contributed by atoms with Crippen molar-refractivity contribution in [3.05, 3.63) is 35.7 Å². The molecule has 0 spiro atoms. The Kier molecular flexibility index (Phi) is 3.34. The highest BCUT2D eigenvalue weighted by Crippen LogP contribution is 2.01. The number of nitrogens with zero attached hydrogens (tertiary/aromatic N) is 1. The third-order valence-corrected chi connectivity index (χ3v) is 1.48. The second-order valence-electron chi connectivity index (χ2n) is 2.66. The summed E-state index contributed by atoms with van der Waals surface area (Å²) in [5.41, 5.74) is 1.28. The first-order chi connectivity index (χ1) is 6.22. The molecule has 0 bridgehead atoms. The Hall–Kier alpha value is -1.48. The van der Waals surface area contributed by atoms with Gasteiger partial charge < -0.3 is 5.11 Å². The number of carbonyl (C=O) groups excluding carboxylic acids is 1. The number of carbonyl (C=O) groups is 1. The summed E-state index contributed by atoms with van der Waals surface area (Å²) in [5.74, 6) is -0.0174. The van der Waals surface area contributed by atoms with Gasteiger partial charge in [0.05, 0.1) is 18.0 Å². The number of aliphatic hydroxyl groups excluding tert-OH is 1. The van der Waals surface area contributed by atoms with E-state index in [-0.39, 0.29) is 12.4 Å². The number of pyridine rings is 1. The van der Waals surface area contributed by atoms with E-state index in [0.717, 1.165) is 0 Å². The van der Waals surface area contributed by atoms with Crippen LogP contribution in [0, 0.1) is 0 Å². The molecule has 0 aliphatic rings. The van der Waals surface area contributed by atoms with Gasteiger partial charge in [-0.25, -0.2) is 0 Å². The highest BCUT2D eigenvalue weighted by atomic mass is 16.3. The topological polar surface area (TPSA) is 50.2 Å². The molecule has 3 heteroatoms. The molecular weight excluding hydrogens is 166 g/mol. The van der Waals surface area contributed by atoms with Gasteiger partial charge in [-0.15, -0.1) is 0 Å². The Morgan fingerprint density at radius 3 is 3.00 bits per heavy atom. The van der Waals surface area contributed by atoms with Crippen molar-refractivity contribution in [3.8, 4) is 0 Å². The molecule has 68 valence electrons. The maximum Gasteiger partial charge on any atom is 0.152 e. The molecule has 0 amide bonds. The van der Waals surface area contributed by atoms with Gasteiger partial charge >= 0.3 is 0 Å². The van der Waals surface area contributed by atoms with Crippen LogP contribution in [-0.2, 0) is 11.4 Å². The summed E-state index contributed by atoms with van der Waals surface area (Å²) in [5, 5.41) is 8.79. The zero-order chi connectivity index (χ0) is 9.68. The quantitative estimate of drug-likeness (QED) is 0.705. The van der Waals surface area contributed by atoms with E-state index >= 15 is 0 Å². The first kappa shape index (κ1) is 9.61. The Morgan fingerprint density at radius 1 is 1.62 bits per heavy atom. The largest absolute Gasteiger partial charge is 0.390 e. The predicted octanol–water partition coefficient (Wildman–Crippen LogP) is 1.18. The van der Waals surface area contributed by atoms with Crippen molar-refractivity contribution < 1.29 is 9.90 Å². The fourth-order valence-corrected chi connectivity index (χ4v) is 0.882. The molecule has 0 fully saturated rings. The average molecular weight is 177 g/mol. The normalized spacial score (nSPS) is 10.6.